The standard InChI is InChI=1S/C57H82N16O7/c1-37(58-3)51(74)62-43-25-13-11-23-41-27-29-47(72(41)55(43)78)53(76)64-49(39-19-7-5-8-20-39)45-35-70(68-66-45)33-17-15-31-60-57(80)61-32-16-18-34-71-36-46(67-69-71)50(40-21-9-6-10-22-40)65-54(77)48-30-28-42-24-12-14-26-44(56(79)73(42)48)63-52(75)38(2)59-4/h5-10,19-22,35-38,41-44,47-50,58-59H,11-18,23-34H2,1-4H3,(H,62,74)(H,63,75)(H,64,76)(H,65,77)(H2,60,61,80)/t37-,38-,41-,42-,43-,44-,47-,48-,49-,50+/m0/s1. The Labute approximate surface area is 468 Å². The van der Waals surface area contributed by atoms with Crippen LogP contribution >= 0.6 is 0 Å². The van der Waals surface area contributed by atoms with Gasteiger partial charge in [-0.15, -0.1) is 10.2 Å². The van der Waals surface area contributed by atoms with Crippen molar-refractivity contribution in [3.8, 4) is 0 Å². The summed E-state index contributed by atoms with van der Waals surface area (Å²) in [5.41, 5.74) is 2.77. The van der Waals surface area contributed by atoms with Gasteiger partial charge >= 0.3 is 6.03 Å². The number of carbonyl (C=O) groups is 7. The van der Waals surface area contributed by atoms with Crippen LogP contribution in [0.1, 0.15) is 151 Å². The maximum atomic E-state index is 14.2. The van der Waals surface area contributed by atoms with Gasteiger partial charge in [0.2, 0.25) is 35.4 Å². The zero-order valence-electron chi connectivity index (χ0n) is 46.8. The summed E-state index contributed by atoms with van der Waals surface area (Å²) in [6, 6.07) is 13.8. The van der Waals surface area contributed by atoms with Gasteiger partial charge in [0.05, 0.1) is 36.6 Å². The van der Waals surface area contributed by atoms with Crippen LogP contribution in [0.5, 0.6) is 0 Å². The number of unbranched alkanes of at least 4 members (excludes halogenated alkanes) is 2. The number of amides is 8. The third-order valence-electron chi connectivity index (χ3n) is 16.3. The molecular formula is C57H82N16O7. The van der Waals surface area contributed by atoms with Crippen LogP contribution in [-0.2, 0) is 41.9 Å². The first-order valence-corrected chi connectivity index (χ1v) is 29.0. The van der Waals surface area contributed by atoms with Crippen LogP contribution in [0, 0.1) is 0 Å². The van der Waals surface area contributed by atoms with E-state index in [-0.39, 0.29) is 53.6 Å². The number of nitrogens with zero attached hydrogens (tertiary/aromatic N) is 8. The van der Waals surface area contributed by atoms with Crippen molar-refractivity contribution in [1.29, 1.82) is 0 Å². The molecule has 6 heterocycles. The van der Waals surface area contributed by atoms with Crippen molar-refractivity contribution < 1.29 is 33.6 Å². The molecule has 10 atom stereocenters. The molecule has 0 unspecified atom stereocenters. The molecule has 0 saturated carbocycles. The van der Waals surface area contributed by atoms with Crippen molar-refractivity contribution >= 4 is 41.5 Å². The van der Waals surface area contributed by atoms with Gasteiger partial charge in [0, 0.05) is 38.3 Å². The molecule has 4 aromatic rings. The average Bonchev–Trinajstić information content (AvgIpc) is 4.39. The maximum absolute atomic E-state index is 14.2. The number of fused-ring (bicyclic) bond motifs is 2. The second kappa shape index (κ2) is 28.7. The van der Waals surface area contributed by atoms with Crippen LogP contribution < -0.4 is 42.5 Å². The molecule has 0 radical (unpaired) electrons. The van der Waals surface area contributed by atoms with Crippen molar-refractivity contribution in [2.75, 3.05) is 27.2 Å². The predicted octanol–water partition coefficient (Wildman–Crippen LogP) is 2.89. The predicted molar refractivity (Wildman–Crippen MR) is 298 cm³/mol. The number of urea groups is 1. The molecular weight excluding hydrogens is 1020 g/mol. The minimum atomic E-state index is -0.696. The fourth-order valence-corrected chi connectivity index (χ4v) is 11.5. The molecule has 0 bridgehead atoms. The smallest absolute Gasteiger partial charge is 0.314 e. The monoisotopic (exact) mass is 1100 g/mol. The fraction of sp³-hybridized carbons (Fsp3) is 0.596. The van der Waals surface area contributed by atoms with Gasteiger partial charge in [-0.2, -0.15) is 0 Å². The topological polar surface area (TPSA) is 284 Å². The Morgan fingerprint density at radius 1 is 0.537 bits per heavy atom. The van der Waals surface area contributed by atoms with E-state index >= 15 is 0 Å². The van der Waals surface area contributed by atoms with Crippen molar-refractivity contribution in [2.24, 2.45) is 0 Å². The quantitative estimate of drug-likeness (QED) is 0.0470. The highest BCUT2D eigenvalue weighted by Gasteiger charge is 2.46. The van der Waals surface area contributed by atoms with Crippen LogP contribution in [0.25, 0.3) is 0 Å². The SMILES string of the molecule is CN[C@@H](C)C(=O)N[C@H]1CCCC[C@H]2CC[C@@H](C(=O)N[C@H](c3ccccc3)c3cn(CCCCNC(=O)NCCCCn4cc([C@@H](NC(=O)[C@@H]5CC[C@@H]6CCCC[C@H](NC(=O)[C@H](C)NC)C(=O)N65)c5ccccc5)nn4)nn3)N2C1=O. The summed E-state index contributed by atoms with van der Waals surface area (Å²) >= 11 is 0. The van der Waals surface area contributed by atoms with Crippen molar-refractivity contribution in [1.82, 2.24) is 82.3 Å². The lowest BCUT2D eigenvalue weighted by Gasteiger charge is -2.36. The van der Waals surface area contributed by atoms with E-state index in [0.717, 1.165) is 49.7 Å². The van der Waals surface area contributed by atoms with Crippen molar-refractivity contribution in [2.45, 2.75) is 190 Å². The van der Waals surface area contributed by atoms with E-state index < -0.39 is 48.3 Å². The Morgan fingerprint density at radius 3 is 1.34 bits per heavy atom. The van der Waals surface area contributed by atoms with E-state index in [9.17, 15) is 33.6 Å². The van der Waals surface area contributed by atoms with Gasteiger partial charge < -0.3 is 52.3 Å². The van der Waals surface area contributed by atoms with Gasteiger partial charge in [0.25, 0.3) is 0 Å². The summed E-state index contributed by atoms with van der Waals surface area (Å²) in [5, 5.41) is 41.7. The van der Waals surface area contributed by atoms with Gasteiger partial charge in [0.15, 0.2) is 0 Å². The molecule has 8 rings (SSSR count). The number of hydrogen-bond acceptors (Lipinski definition) is 13. The average molecular weight is 1100 g/mol. The highest BCUT2D eigenvalue weighted by molar-refractivity contribution is 5.95. The zero-order valence-corrected chi connectivity index (χ0v) is 46.8. The van der Waals surface area contributed by atoms with Gasteiger partial charge in [0.1, 0.15) is 35.6 Å². The molecule has 432 valence electrons. The summed E-state index contributed by atoms with van der Waals surface area (Å²) in [7, 11) is 3.40. The van der Waals surface area contributed by atoms with Gasteiger partial charge in [-0.25, -0.2) is 4.79 Å². The Hall–Kier alpha value is -7.27. The van der Waals surface area contributed by atoms with E-state index in [2.05, 4.69) is 63.2 Å². The van der Waals surface area contributed by atoms with Gasteiger partial charge in [-0.3, -0.25) is 38.1 Å². The molecule has 23 heteroatoms. The highest BCUT2D eigenvalue weighted by atomic mass is 16.2. The molecule has 8 N–H and O–H groups in total. The van der Waals surface area contributed by atoms with Crippen LogP contribution in [0.2, 0.25) is 0 Å². The minimum absolute atomic E-state index is 0.0717. The summed E-state index contributed by atoms with van der Waals surface area (Å²) < 4.78 is 3.47. The number of likely N-dealkylation sites (N-methyl/N-ethyl adjacent to an activating group) is 2. The molecule has 4 aliphatic rings. The van der Waals surface area contributed by atoms with Gasteiger partial charge in [-0.1, -0.05) is 96.8 Å². The van der Waals surface area contributed by atoms with Crippen LogP contribution in [-0.4, -0.2) is 157 Å². The Balaban J connectivity index is 0.768. The Kier molecular flexibility index (Phi) is 21.2. The zero-order chi connectivity index (χ0) is 56.5. The van der Waals surface area contributed by atoms with E-state index in [0.29, 0.717) is 102 Å². The van der Waals surface area contributed by atoms with Crippen LogP contribution in [0.15, 0.2) is 73.1 Å². The first kappa shape index (κ1) is 58.9. The Bertz CT molecular complexity index is 2520. The molecule has 2 aromatic heterocycles. The highest BCUT2D eigenvalue weighted by Crippen LogP contribution is 2.34. The van der Waals surface area contributed by atoms with E-state index in [1.165, 1.54) is 0 Å². The summed E-state index contributed by atoms with van der Waals surface area (Å²) in [4.78, 5) is 98.4. The molecule has 80 heavy (non-hydrogen) atoms. The lowest BCUT2D eigenvalue weighted by Crippen LogP contribution is -2.58. The molecule has 8 amide bonds. The van der Waals surface area contributed by atoms with Crippen LogP contribution in [0.4, 0.5) is 4.79 Å². The molecule has 0 spiro atoms. The molecule has 4 fully saturated rings. The minimum Gasteiger partial charge on any atom is -0.343 e. The Morgan fingerprint density at radius 2 is 0.938 bits per heavy atom. The lowest BCUT2D eigenvalue weighted by molar-refractivity contribution is -0.144. The summed E-state index contributed by atoms with van der Waals surface area (Å²) in [6.45, 7) is 5.49. The molecule has 0 aliphatic carbocycles. The molecule has 4 saturated heterocycles. The van der Waals surface area contributed by atoms with E-state index in [4.69, 9.17) is 0 Å². The second-order valence-electron chi connectivity index (χ2n) is 21.8. The normalized spacial score (nSPS) is 22.7. The number of rotatable bonds is 24. The lowest BCUT2D eigenvalue weighted by atomic mass is 9.98. The number of nitrogens with one attached hydrogen (secondary N) is 8. The third-order valence-corrected chi connectivity index (χ3v) is 16.3. The second-order valence-corrected chi connectivity index (χ2v) is 21.8. The van der Waals surface area contributed by atoms with Crippen LogP contribution in [0.3, 0.4) is 0 Å². The maximum Gasteiger partial charge on any atom is 0.314 e. The first-order valence-electron chi connectivity index (χ1n) is 29.0. The largest absolute Gasteiger partial charge is 0.343 e. The number of aromatic nitrogens is 6. The molecule has 23 nitrogen and oxygen atoms in total. The van der Waals surface area contributed by atoms with Crippen molar-refractivity contribution in [3.63, 3.8) is 0 Å². The number of aryl methyl sites for hydroxylation is 2. The first-order chi connectivity index (χ1) is 38.8. The van der Waals surface area contributed by atoms with Crippen molar-refractivity contribution in [3.05, 3.63) is 95.6 Å². The third kappa shape index (κ3) is 15.1. The number of carbonyl (C=O) groups excluding carboxylic acids is 7. The van der Waals surface area contributed by atoms with Gasteiger partial charge in [-0.05, 0) is 116 Å². The molecule has 2 aromatic carbocycles. The summed E-state index contributed by atoms with van der Waals surface area (Å²) in [5.74, 6) is -1.47. The van der Waals surface area contributed by atoms with E-state index in [1.54, 1.807) is 47.1 Å². The summed E-state index contributed by atoms with van der Waals surface area (Å²) in [6.07, 6.45) is 15.1. The number of benzene rings is 2. The molecule has 4 aliphatic heterocycles. The fourth-order valence-electron chi connectivity index (χ4n) is 11.5. The van der Waals surface area contributed by atoms with E-state index in [1.807, 2.05) is 73.1 Å². The number of hydrogen-bond donors (Lipinski definition) is 8.